The predicted molar refractivity (Wildman–Crippen MR) is 91.1 cm³/mol. The molecule has 3 amide bonds. The van der Waals surface area contributed by atoms with Gasteiger partial charge in [-0.2, -0.15) is 0 Å². The fourth-order valence-corrected chi connectivity index (χ4v) is 2.94. The van der Waals surface area contributed by atoms with Crippen molar-refractivity contribution in [1.82, 2.24) is 15.5 Å². The van der Waals surface area contributed by atoms with E-state index in [1.165, 1.54) is 0 Å². The number of rotatable bonds is 3. The number of carbonyl (C=O) groups excluding carboxylic acids is 2. The van der Waals surface area contributed by atoms with Crippen LogP contribution in [0.15, 0.2) is 24.3 Å². The fraction of sp³-hybridized carbons (Fsp3) is 0.556. The molecule has 0 aromatic heterocycles. The lowest BCUT2D eigenvalue weighted by Crippen LogP contribution is -2.48. The minimum Gasteiger partial charge on any atom is -0.344 e. The number of hydrogen-bond donors (Lipinski definition) is 2. The molecule has 1 saturated heterocycles. The topological polar surface area (TPSA) is 61.4 Å². The van der Waals surface area contributed by atoms with Crippen molar-refractivity contribution in [2.75, 3.05) is 13.6 Å². The van der Waals surface area contributed by atoms with Gasteiger partial charge in [-0.3, -0.25) is 4.79 Å². The van der Waals surface area contributed by atoms with Crippen LogP contribution in [0.2, 0.25) is 0 Å². The number of nitrogens with zero attached hydrogens (tertiary/aromatic N) is 1. The Kier molecular flexibility index (Phi) is 4.97. The Balaban J connectivity index is 2.09. The highest BCUT2D eigenvalue weighted by Gasteiger charge is 2.32. The monoisotopic (exact) mass is 317 g/mol. The first-order chi connectivity index (χ1) is 10.7. The summed E-state index contributed by atoms with van der Waals surface area (Å²) < 4.78 is 0. The van der Waals surface area contributed by atoms with Crippen LogP contribution in [-0.4, -0.2) is 36.5 Å². The van der Waals surface area contributed by atoms with Gasteiger partial charge < -0.3 is 15.5 Å². The molecule has 1 aliphatic rings. The lowest BCUT2D eigenvalue weighted by Gasteiger charge is -2.32. The molecule has 1 aliphatic heterocycles. The molecule has 0 saturated carbocycles. The van der Waals surface area contributed by atoms with Gasteiger partial charge in [0.2, 0.25) is 5.91 Å². The number of likely N-dealkylation sites (tertiary alicyclic amines) is 1. The molecule has 1 aromatic rings. The van der Waals surface area contributed by atoms with E-state index in [0.29, 0.717) is 13.0 Å². The number of nitrogens with one attached hydrogen (secondary N) is 2. The summed E-state index contributed by atoms with van der Waals surface area (Å²) in [6, 6.07) is 7.31. The molecule has 2 atom stereocenters. The molecular formula is C18H27N3O2. The molecule has 1 aromatic carbocycles. The molecule has 0 aliphatic carbocycles. The van der Waals surface area contributed by atoms with E-state index in [9.17, 15) is 9.59 Å². The standard InChI is InChI=1S/C18H27N3O2/c1-12-7-6-8-13(11-12)15(18(2,3)4)20-17(23)19-14-9-10-21(5)16(14)22/h6-8,11,14-15H,9-10H2,1-5H3,(H2,19,20,23). The number of urea groups is 1. The molecule has 23 heavy (non-hydrogen) atoms. The number of hydrogen-bond acceptors (Lipinski definition) is 2. The maximum atomic E-state index is 12.4. The Morgan fingerprint density at radius 3 is 2.57 bits per heavy atom. The Labute approximate surface area is 138 Å². The molecule has 0 bridgehead atoms. The van der Waals surface area contributed by atoms with E-state index in [1.54, 1.807) is 11.9 Å². The quantitative estimate of drug-likeness (QED) is 0.900. The summed E-state index contributed by atoms with van der Waals surface area (Å²) in [4.78, 5) is 25.9. The Hall–Kier alpha value is -2.04. The maximum absolute atomic E-state index is 12.4. The van der Waals surface area contributed by atoms with Gasteiger partial charge in [0, 0.05) is 13.6 Å². The average Bonchev–Trinajstić information content (AvgIpc) is 2.75. The normalized spacial score (nSPS) is 19.6. The van der Waals surface area contributed by atoms with Crippen molar-refractivity contribution in [2.24, 2.45) is 5.41 Å². The molecule has 1 heterocycles. The Morgan fingerprint density at radius 1 is 1.35 bits per heavy atom. The molecule has 5 nitrogen and oxygen atoms in total. The van der Waals surface area contributed by atoms with Crippen LogP contribution in [0.1, 0.15) is 44.4 Å². The van der Waals surface area contributed by atoms with Gasteiger partial charge in [-0.1, -0.05) is 50.6 Å². The lowest BCUT2D eigenvalue weighted by atomic mass is 9.82. The Morgan fingerprint density at radius 2 is 2.04 bits per heavy atom. The molecule has 2 unspecified atom stereocenters. The van der Waals surface area contributed by atoms with E-state index < -0.39 is 6.04 Å². The van der Waals surface area contributed by atoms with E-state index in [1.807, 2.05) is 25.1 Å². The van der Waals surface area contributed by atoms with Crippen LogP contribution in [0.5, 0.6) is 0 Å². The van der Waals surface area contributed by atoms with Gasteiger partial charge in [0.05, 0.1) is 6.04 Å². The largest absolute Gasteiger partial charge is 0.344 e. The summed E-state index contributed by atoms with van der Waals surface area (Å²) in [5, 5.41) is 5.85. The first kappa shape index (κ1) is 17.3. The molecule has 0 spiro atoms. The first-order valence-electron chi connectivity index (χ1n) is 8.07. The zero-order valence-corrected chi connectivity index (χ0v) is 14.6. The molecule has 126 valence electrons. The summed E-state index contributed by atoms with van der Waals surface area (Å²) in [6.07, 6.45) is 0.660. The van der Waals surface area contributed by atoms with E-state index in [-0.39, 0.29) is 23.4 Å². The third kappa shape index (κ3) is 4.24. The van der Waals surface area contributed by atoms with Crippen molar-refractivity contribution >= 4 is 11.9 Å². The average molecular weight is 317 g/mol. The van der Waals surface area contributed by atoms with Crippen molar-refractivity contribution in [3.8, 4) is 0 Å². The zero-order chi connectivity index (χ0) is 17.2. The van der Waals surface area contributed by atoms with Crippen LogP contribution in [0, 0.1) is 12.3 Å². The summed E-state index contributed by atoms with van der Waals surface area (Å²) >= 11 is 0. The summed E-state index contributed by atoms with van der Waals surface area (Å²) in [6.45, 7) is 9.00. The first-order valence-corrected chi connectivity index (χ1v) is 8.07. The van der Waals surface area contributed by atoms with E-state index >= 15 is 0 Å². The molecule has 5 heteroatoms. The van der Waals surface area contributed by atoms with E-state index in [0.717, 1.165) is 11.1 Å². The number of carbonyl (C=O) groups is 2. The summed E-state index contributed by atoms with van der Waals surface area (Å²) in [5.41, 5.74) is 2.09. The highest BCUT2D eigenvalue weighted by Crippen LogP contribution is 2.33. The number of amides is 3. The van der Waals surface area contributed by atoms with E-state index in [4.69, 9.17) is 0 Å². The number of benzene rings is 1. The van der Waals surface area contributed by atoms with Crippen LogP contribution in [0.25, 0.3) is 0 Å². The number of aryl methyl sites for hydroxylation is 1. The second-order valence-electron chi connectivity index (χ2n) is 7.43. The van der Waals surface area contributed by atoms with Crippen LogP contribution in [-0.2, 0) is 4.79 Å². The Bertz CT molecular complexity index is 592. The van der Waals surface area contributed by atoms with Crippen molar-refractivity contribution < 1.29 is 9.59 Å². The van der Waals surface area contributed by atoms with Crippen LogP contribution >= 0.6 is 0 Å². The van der Waals surface area contributed by atoms with Crippen LogP contribution < -0.4 is 10.6 Å². The molecular weight excluding hydrogens is 290 g/mol. The summed E-state index contributed by atoms with van der Waals surface area (Å²) in [5.74, 6) is -0.0250. The minimum absolute atomic E-state index is 0.0250. The second-order valence-corrected chi connectivity index (χ2v) is 7.43. The van der Waals surface area contributed by atoms with Crippen molar-refractivity contribution in [3.05, 3.63) is 35.4 Å². The molecule has 2 rings (SSSR count). The van der Waals surface area contributed by atoms with Crippen molar-refractivity contribution in [2.45, 2.75) is 46.2 Å². The summed E-state index contributed by atoms with van der Waals surface area (Å²) in [7, 11) is 1.76. The van der Waals surface area contributed by atoms with Gasteiger partial charge in [0.25, 0.3) is 0 Å². The minimum atomic E-state index is -0.418. The highest BCUT2D eigenvalue weighted by atomic mass is 16.2. The maximum Gasteiger partial charge on any atom is 0.315 e. The predicted octanol–water partition coefficient (Wildman–Crippen LogP) is 2.61. The van der Waals surface area contributed by atoms with Gasteiger partial charge in [-0.25, -0.2) is 4.79 Å². The number of likely N-dealkylation sites (N-methyl/N-ethyl adjacent to an activating group) is 1. The van der Waals surface area contributed by atoms with Crippen molar-refractivity contribution in [3.63, 3.8) is 0 Å². The molecule has 0 radical (unpaired) electrons. The van der Waals surface area contributed by atoms with Gasteiger partial charge in [0.15, 0.2) is 0 Å². The fourth-order valence-electron chi connectivity index (χ4n) is 2.94. The second kappa shape index (κ2) is 6.60. The van der Waals surface area contributed by atoms with Gasteiger partial charge in [-0.15, -0.1) is 0 Å². The molecule has 2 N–H and O–H groups in total. The zero-order valence-electron chi connectivity index (χ0n) is 14.6. The van der Waals surface area contributed by atoms with Gasteiger partial charge in [0.1, 0.15) is 6.04 Å². The van der Waals surface area contributed by atoms with E-state index in [2.05, 4.69) is 37.5 Å². The SMILES string of the molecule is Cc1cccc(C(NC(=O)NC2CCN(C)C2=O)C(C)(C)C)c1. The molecule has 1 fully saturated rings. The smallest absolute Gasteiger partial charge is 0.315 e. The highest BCUT2D eigenvalue weighted by molar-refractivity contribution is 5.88. The van der Waals surface area contributed by atoms with Crippen LogP contribution in [0.3, 0.4) is 0 Å². The third-order valence-corrected chi connectivity index (χ3v) is 4.25. The lowest BCUT2D eigenvalue weighted by molar-refractivity contribution is -0.128. The van der Waals surface area contributed by atoms with Crippen molar-refractivity contribution in [1.29, 1.82) is 0 Å². The van der Waals surface area contributed by atoms with Crippen LogP contribution in [0.4, 0.5) is 4.79 Å². The third-order valence-electron chi connectivity index (χ3n) is 4.25. The van der Waals surface area contributed by atoms with Gasteiger partial charge in [-0.05, 0) is 24.3 Å². The van der Waals surface area contributed by atoms with Gasteiger partial charge >= 0.3 is 6.03 Å².